The second-order valence-corrected chi connectivity index (χ2v) is 0. The Morgan fingerprint density at radius 1 is 0.400 bits per heavy atom. The van der Waals surface area contributed by atoms with Crippen molar-refractivity contribution in [1.29, 1.82) is 0 Å². The van der Waals surface area contributed by atoms with Crippen molar-refractivity contribution in [3.05, 3.63) is 0 Å². The van der Waals surface area contributed by atoms with Crippen LogP contribution in [0.1, 0.15) is 0 Å². The Hall–Kier alpha value is 2.43. The van der Waals surface area contributed by atoms with Crippen LogP contribution in [0.2, 0.25) is 0 Å². The first-order valence-electron chi connectivity index (χ1n) is 0. The first-order chi connectivity index (χ1) is 0. The monoisotopic (exact) mass is 492 g/mol. The molecule has 5 heavy (non-hydrogen) atoms. The minimum absolute atomic E-state index is 0. The van der Waals surface area contributed by atoms with Gasteiger partial charge in [0.15, 0.2) is 0 Å². The summed E-state index contributed by atoms with van der Waals surface area (Å²) in [6.45, 7) is 0. The Balaban J connectivity index is 0. The van der Waals surface area contributed by atoms with Crippen molar-refractivity contribution in [2.75, 3.05) is 0 Å². The van der Waals surface area contributed by atoms with Gasteiger partial charge < -0.3 is 0 Å². The summed E-state index contributed by atoms with van der Waals surface area (Å²) in [4.78, 5) is 0. The third-order valence-corrected chi connectivity index (χ3v) is 0. The first-order valence-corrected chi connectivity index (χ1v) is 0. The molecule has 0 radical (unpaired) electrons. The van der Waals surface area contributed by atoms with Gasteiger partial charge in [-0.1, -0.05) is 0 Å². The Kier molecular flexibility index (Phi) is 335. The minimum Gasteiger partial charge on any atom is -0.197 e. The van der Waals surface area contributed by atoms with Crippen molar-refractivity contribution < 1.29 is 42.1 Å². The number of hydrogen-bond acceptors (Lipinski definition) is 0. The molecule has 0 saturated carbocycles. The summed E-state index contributed by atoms with van der Waals surface area (Å²) < 4.78 is 0. The standard InChI is InChI=1S/2Pt.3H2S/h;;3*1H2. The van der Waals surface area contributed by atoms with Crippen LogP contribution in [-0.4, -0.2) is 0 Å². The Bertz CT molecular complexity index is 4.85. The predicted molar refractivity (Wildman–Crippen MR) is 31.1 cm³/mol. The van der Waals surface area contributed by atoms with E-state index in [0.717, 1.165) is 0 Å². The summed E-state index contributed by atoms with van der Waals surface area (Å²) in [7, 11) is 0. The fourth-order valence-electron chi connectivity index (χ4n) is 0. The van der Waals surface area contributed by atoms with Crippen LogP contribution in [0.4, 0.5) is 0 Å². The fraction of sp³-hybridized carbons (Fsp3) is 0. The van der Waals surface area contributed by atoms with E-state index in [2.05, 4.69) is 0 Å². The summed E-state index contributed by atoms with van der Waals surface area (Å²) >= 11 is 0. The van der Waals surface area contributed by atoms with Gasteiger partial charge in [0.2, 0.25) is 0 Å². The second kappa shape index (κ2) is 32.1. The van der Waals surface area contributed by atoms with Gasteiger partial charge in [-0.15, -0.1) is 0 Å². The van der Waals surface area contributed by atoms with E-state index >= 15 is 0 Å². The van der Waals surface area contributed by atoms with Gasteiger partial charge in [0.1, 0.15) is 0 Å². The molecule has 0 heterocycles. The van der Waals surface area contributed by atoms with Gasteiger partial charge in [-0.2, -0.15) is 40.5 Å². The van der Waals surface area contributed by atoms with E-state index in [1.165, 1.54) is 0 Å². The van der Waals surface area contributed by atoms with Gasteiger partial charge in [0.05, 0.1) is 0 Å². The zero-order chi connectivity index (χ0) is 0. The first kappa shape index (κ1) is 52.1. The molecular formula is H6Pt2S3. The van der Waals surface area contributed by atoms with Crippen molar-refractivity contribution >= 4 is 40.5 Å². The van der Waals surface area contributed by atoms with E-state index in [-0.39, 0.29) is 82.6 Å². The van der Waals surface area contributed by atoms with Crippen LogP contribution in [0.15, 0.2) is 0 Å². The van der Waals surface area contributed by atoms with Crippen molar-refractivity contribution in [2.24, 2.45) is 0 Å². The van der Waals surface area contributed by atoms with Gasteiger partial charge in [-0.05, 0) is 0 Å². The molecule has 44 valence electrons. The zero-order valence-corrected chi connectivity index (χ0v) is 9.68. The molecule has 0 unspecified atom stereocenters. The number of hydrogen-bond donors (Lipinski definition) is 0. The van der Waals surface area contributed by atoms with Crippen LogP contribution in [0.25, 0.3) is 0 Å². The molecule has 0 rings (SSSR count). The fourth-order valence-corrected chi connectivity index (χ4v) is 0. The van der Waals surface area contributed by atoms with Crippen molar-refractivity contribution in [3.63, 3.8) is 0 Å². The Labute approximate surface area is 81.7 Å². The normalized spacial score (nSPS) is 0. The molecule has 0 aliphatic heterocycles. The Morgan fingerprint density at radius 3 is 0.400 bits per heavy atom. The average Bonchev–Trinajstić information content (AvgIpc) is 0. The van der Waals surface area contributed by atoms with E-state index < -0.39 is 0 Å². The van der Waals surface area contributed by atoms with E-state index in [1.807, 2.05) is 0 Å². The molecule has 0 amide bonds. The Morgan fingerprint density at radius 2 is 0.400 bits per heavy atom. The summed E-state index contributed by atoms with van der Waals surface area (Å²) in [6, 6.07) is 0. The van der Waals surface area contributed by atoms with Crippen LogP contribution in [-0.2, 0) is 42.1 Å². The maximum atomic E-state index is 0. The van der Waals surface area contributed by atoms with Crippen molar-refractivity contribution in [3.8, 4) is 0 Å². The van der Waals surface area contributed by atoms with Gasteiger partial charge >= 0.3 is 0 Å². The van der Waals surface area contributed by atoms with Crippen LogP contribution in [0.3, 0.4) is 0 Å². The zero-order valence-electron chi connectivity index (χ0n) is 2.13. The molecule has 0 aliphatic carbocycles. The van der Waals surface area contributed by atoms with Gasteiger partial charge in [0.25, 0.3) is 0 Å². The molecule has 0 bridgehead atoms. The molecule has 0 nitrogen and oxygen atoms in total. The summed E-state index contributed by atoms with van der Waals surface area (Å²) in [6.07, 6.45) is 0. The van der Waals surface area contributed by atoms with Crippen LogP contribution >= 0.6 is 40.5 Å². The third-order valence-electron chi connectivity index (χ3n) is 0. The predicted octanol–water partition coefficient (Wildman–Crippen LogP) is 0.333. The van der Waals surface area contributed by atoms with E-state index in [1.54, 1.807) is 0 Å². The number of rotatable bonds is 0. The SMILES string of the molecule is S.S.S.[Pt].[Pt]. The average molecular weight is 492 g/mol. The van der Waals surface area contributed by atoms with Crippen LogP contribution < -0.4 is 0 Å². The summed E-state index contributed by atoms with van der Waals surface area (Å²) in [5, 5.41) is 0. The third kappa shape index (κ3) is 21.4. The molecule has 5 heteroatoms. The molecule has 0 atom stereocenters. The molecular weight excluding hydrogens is 486 g/mol. The van der Waals surface area contributed by atoms with E-state index in [4.69, 9.17) is 0 Å². The van der Waals surface area contributed by atoms with Crippen molar-refractivity contribution in [1.82, 2.24) is 0 Å². The molecule has 0 spiro atoms. The van der Waals surface area contributed by atoms with E-state index in [9.17, 15) is 0 Å². The summed E-state index contributed by atoms with van der Waals surface area (Å²) in [5.74, 6) is 0. The van der Waals surface area contributed by atoms with Crippen LogP contribution in [0.5, 0.6) is 0 Å². The van der Waals surface area contributed by atoms with Gasteiger partial charge in [-0.25, -0.2) is 0 Å². The molecule has 0 fully saturated rings. The molecule has 0 aromatic carbocycles. The molecule has 0 aliphatic rings. The van der Waals surface area contributed by atoms with E-state index in [0.29, 0.717) is 0 Å². The minimum atomic E-state index is 0. The molecule has 0 aromatic heterocycles. The smallest absolute Gasteiger partial charge is 0 e. The molecule has 0 saturated heterocycles. The maximum absolute atomic E-state index is 0. The maximum Gasteiger partial charge on any atom is 0 e. The second-order valence-electron chi connectivity index (χ2n) is 0. The largest absolute Gasteiger partial charge is 0.197 e. The van der Waals surface area contributed by atoms with Gasteiger partial charge in [-0.3, -0.25) is 0 Å². The van der Waals surface area contributed by atoms with Crippen LogP contribution in [0, 0.1) is 0 Å². The summed E-state index contributed by atoms with van der Waals surface area (Å²) in [5.41, 5.74) is 0. The van der Waals surface area contributed by atoms with Gasteiger partial charge in [0, 0.05) is 42.1 Å². The quantitative estimate of drug-likeness (QED) is 0.458. The molecule has 0 aromatic rings. The molecule has 0 N–H and O–H groups in total. The topological polar surface area (TPSA) is 0 Å². The van der Waals surface area contributed by atoms with Crippen molar-refractivity contribution in [2.45, 2.75) is 0 Å².